The number of fused-ring (bicyclic) bond motifs is 1. The van der Waals surface area contributed by atoms with Crippen molar-refractivity contribution in [1.82, 2.24) is 4.98 Å². The van der Waals surface area contributed by atoms with E-state index >= 15 is 0 Å². The second-order valence-corrected chi connectivity index (χ2v) is 3.60. The third kappa shape index (κ3) is 1.42. The first-order chi connectivity index (χ1) is 6.20. The lowest BCUT2D eigenvalue weighted by Gasteiger charge is -1.99. The first-order valence-electron chi connectivity index (χ1n) is 3.81. The number of halogens is 1. The minimum atomic E-state index is 0.645. The van der Waals surface area contributed by atoms with E-state index in [4.69, 9.17) is 9.15 Å². The Hall–Kier alpha value is -1.03. The number of benzene rings is 1. The molecule has 2 aromatic rings. The number of rotatable bonds is 1. The van der Waals surface area contributed by atoms with Gasteiger partial charge in [0.25, 0.3) is 0 Å². The van der Waals surface area contributed by atoms with Crippen molar-refractivity contribution < 1.29 is 9.15 Å². The standard InChI is InChI=1S/C9H8BrNO2/c1-5-11-9-7(12-2)3-6(10)4-8(9)13-5/h3-4H,1-2H3. The van der Waals surface area contributed by atoms with Crippen LogP contribution in [0.25, 0.3) is 11.1 Å². The Kier molecular flexibility index (Phi) is 2.00. The molecule has 0 atom stereocenters. The van der Waals surface area contributed by atoms with E-state index < -0.39 is 0 Å². The summed E-state index contributed by atoms with van der Waals surface area (Å²) in [5.74, 6) is 1.37. The molecular formula is C9H8BrNO2. The van der Waals surface area contributed by atoms with Crippen molar-refractivity contribution in [3.63, 3.8) is 0 Å². The Bertz CT molecular complexity index is 450. The van der Waals surface area contributed by atoms with Gasteiger partial charge in [-0.1, -0.05) is 15.9 Å². The van der Waals surface area contributed by atoms with E-state index in [9.17, 15) is 0 Å². The second kappa shape index (κ2) is 3.03. The van der Waals surface area contributed by atoms with Crippen molar-refractivity contribution >= 4 is 27.0 Å². The van der Waals surface area contributed by atoms with Crippen LogP contribution in [-0.2, 0) is 0 Å². The van der Waals surface area contributed by atoms with E-state index in [2.05, 4.69) is 20.9 Å². The van der Waals surface area contributed by atoms with E-state index in [0.29, 0.717) is 5.89 Å². The van der Waals surface area contributed by atoms with Crippen LogP contribution in [0.4, 0.5) is 0 Å². The molecule has 0 radical (unpaired) electrons. The Morgan fingerprint density at radius 1 is 1.46 bits per heavy atom. The molecule has 1 heterocycles. The molecule has 2 rings (SSSR count). The van der Waals surface area contributed by atoms with Gasteiger partial charge in [-0.05, 0) is 12.1 Å². The zero-order valence-corrected chi connectivity index (χ0v) is 8.88. The highest BCUT2D eigenvalue weighted by atomic mass is 79.9. The van der Waals surface area contributed by atoms with Crippen LogP contribution in [0.5, 0.6) is 5.75 Å². The van der Waals surface area contributed by atoms with Crippen LogP contribution >= 0.6 is 15.9 Å². The molecule has 0 N–H and O–H groups in total. The molecular weight excluding hydrogens is 234 g/mol. The predicted octanol–water partition coefficient (Wildman–Crippen LogP) is 2.91. The smallest absolute Gasteiger partial charge is 0.192 e. The summed E-state index contributed by atoms with van der Waals surface area (Å²) >= 11 is 3.37. The summed E-state index contributed by atoms with van der Waals surface area (Å²) < 4.78 is 11.5. The zero-order chi connectivity index (χ0) is 9.42. The van der Waals surface area contributed by atoms with E-state index in [1.54, 1.807) is 7.11 Å². The third-order valence-electron chi connectivity index (χ3n) is 1.75. The summed E-state index contributed by atoms with van der Waals surface area (Å²) in [4.78, 5) is 4.21. The third-order valence-corrected chi connectivity index (χ3v) is 2.21. The maximum Gasteiger partial charge on any atom is 0.192 e. The second-order valence-electron chi connectivity index (χ2n) is 2.69. The summed E-state index contributed by atoms with van der Waals surface area (Å²) in [5, 5.41) is 0. The van der Waals surface area contributed by atoms with E-state index in [1.165, 1.54) is 0 Å². The first kappa shape index (κ1) is 8.56. The molecule has 0 spiro atoms. The van der Waals surface area contributed by atoms with Gasteiger partial charge in [-0.2, -0.15) is 0 Å². The van der Waals surface area contributed by atoms with Crippen LogP contribution in [-0.4, -0.2) is 12.1 Å². The Labute approximate surface area is 83.8 Å². The van der Waals surface area contributed by atoms with Gasteiger partial charge >= 0.3 is 0 Å². The summed E-state index contributed by atoms with van der Waals surface area (Å²) in [6, 6.07) is 3.74. The quantitative estimate of drug-likeness (QED) is 0.771. The van der Waals surface area contributed by atoms with Crippen LogP contribution in [0.3, 0.4) is 0 Å². The molecule has 0 aliphatic heterocycles. The van der Waals surface area contributed by atoms with Gasteiger partial charge in [-0.3, -0.25) is 0 Å². The van der Waals surface area contributed by atoms with Crippen molar-refractivity contribution in [3.8, 4) is 5.75 Å². The van der Waals surface area contributed by atoms with Crippen molar-refractivity contribution in [2.45, 2.75) is 6.92 Å². The SMILES string of the molecule is COc1cc(Br)cc2oc(C)nc12. The van der Waals surface area contributed by atoms with Crippen LogP contribution in [0.15, 0.2) is 21.0 Å². The highest BCUT2D eigenvalue weighted by molar-refractivity contribution is 9.10. The highest BCUT2D eigenvalue weighted by Gasteiger charge is 2.09. The van der Waals surface area contributed by atoms with Crippen LogP contribution < -0.4 is 4.74 Å². The number of aromatic nitrogens is 1. The van der Waals surface area contributed by atoms with Gasteiger partial charge in [0.1, 0.15) is 5.75 Å². The van der Waals surface area contributed by atoms with E-state index in [1.807, 2.05) is 19.1 Å². The maximum absolute atomic E-state index is 5.37. The molecule has 68 valence electrons. The van der Waals surface area contributed by atoms with Gasteiger partial charge < -0.3 is 9.15 Å². The monoisotopic (exact) mass is 241 g/mol. The molecule has 4 heteroatoms. The summed E-state index contributed by atoms with van der Waals surface area (Å²) in [7, 11) is 1.62. The Morgan fingerprint density at radius 2 is 2.23 bits per heavy atom. The largest absolute Gasteiger partial charge is 0.494 e. The molecule has 0 aliphatic rings. The average molecular weight is 242 g/mol. The van der Waals surface area contributed by atoms with Gasteiger partial charge in [0.2, 0.25) is 0 Å². The van der Waals surface area contributed by atoms with Crippen molar-refractivity contribution in [2.75, 3.05) is 7.11 Å². The number of ether oxygens (including phenoxy) is 1. The topological polar surface area (TPSA) is 35.3 Å². The number of hydrogen-bond acceptors (Lipinski definition) is 3. The molecule has 0 saturated heterocycles. The molecule has 0 bridgehead atoms. The fourth-order valence-electron chi connectivity index (χ4n) is 1.23. The lowest BCUT2D eigenvalue weighted by atomic mass is 10.3. The molecule has 0 aliphatic carbocycles. The lowest BCUT2D eigenvalue weighted by Crippen LogP contribution is -1.84. The minimum Gasteiger partial charge on any atom is -0.494 e. The maximum atomic E-state index is 5.37. The summed E-state index contributed by atoms with van der Waals surface area (Å²) in [6.07, 6.45) is 0. The number of hydrogen-bond donors (Lipinski definition) is 0. The highest BCUT2D eigenvalue weighted by Crippen LogP contribution is 2.29. The number of nitrogens with zero attached hydrogens (tertiary/aromatic N) is 1. The van der Waals surface area contributed by atoms with Crippen molar-refractivity contribution in [1.29, 1.82) is 0 Å². The van der Waals surface area contributed by atoms with Gasteiger partial charge in [0.05, 0.1) is 7.11 Å². The Balaban J connectivity index is 2.80. The van der Waals surface area contributed by atoms with E-state index in [0.717, 1.165) is 21.3 Å². The Morgan fingerprint density at radius 3 is 2.92 bits per heavy atom. The fraction of sp³-hybridized carbons (Fsp3) is 0.222. The minimum absolute atomic E-state index is 0.645. The van der Waals surface area contributed by atoms with Gasteiger partial charge in [-0.25, -0.2) is 4.98 Å². The van der Waals surface area contributed by atoms with Crippen LogP contribution in [0, 0.1) is 6.92 Å². The molecule has 1 aromatic heterocycles. The zero-order valence-electron chi connectivity index (χ0n) is 7.30. The molecule has 1 aromatic carbocycles. The molecule has 3 nitrogen and oxygen atoms in total. The number of oxazole rings is 1. The number of methoxy groups -OCH3 is 1. The normalized spacial score (nSPS) is 10.7. The predicted molar refractivity (Wildman–Crippen MR) is 53.0 cm³/mol. The molecule has 0 unspecified atom stereocenters. The molecule has 0 fully saturated rings. The van der Waals surface area contributed by atoms with E-state index in [-0.39, 0.29) is 0 Å². The molecule has 0 amide bonds. The van der Waals surface area contributed by atoms with Crippen LogP contribution in [0.1, 0.15) is 5.89 Å². The number of aryl methyl sites for hydroxylation is 1. The molecule has 0 saturated carbocycles. The van der Waals surface area contributed by atoms with Gasteiger partial charge in [-0.15, -0.1) is 0 Å². The first-order valence-corrected chi connectivity index (χ1v) is 4.60. The lowest BCUT2D eigenvalue weighted by molar-refractivity contribution is 0.418. The summed E-state index contributed by atoms with van der Waals surface area (Å²) in [5.41, 5.74) is 1.51. The van der Waals surface area contributed by atoms with Crippen molar-refractivity contribution in [3.05, 3.63) is 22.5 Å². The summed E-state index contributed by atoms with van der Waals surface area (Å²) in [6.45, 7) is 1.81. The van der Waals surface area contributed by atoms with Gasteiger partial charge in [0.15, 0.2) is 17.0 Å². The van der Waals surface area contributed by atoms with Crippen LogP contribution in [0.2, 0.25) is 0 Å². The molecule has 13 heavy (non-hydrogen) atoms. The van der Waals surface area contributed by atoms with Gasteiger partial charge in [0, 0.05) is 11.4 Å². The average Bonchev–Trinajstić information content (AvgIpc) is 2.43. The van der Waals surface area contributed by atoms with Crippen molar-refractivity contribution in [2.24, 2.45) is 0 Å². The fourth-order valence-corrected chi connectivity index (χ4v) is 1.65.